The lowest BCUT2D eigenvalue weighted by Gasteiger charge is -2.22. The van der Waals surface area contributed by atoms with Gasteiger partial charge >= 0.3 is 5.97 Å². The zero-order valence-corrected chi connectivity index (χ0v) is 11.0. The summed E-state index contributed by atoms with van der Waals surface area (Å²) in [7, 11) is 1.43. The van der Waals surface area contributed by atoms with Crippen LogP contribution in [0.5, 0.6) is 0 Å². The maximum absolute atomic E-state index is 10.9. The molecule has 0 saturated heterocycles. The molecule has 2 unspecified atom stereocenters. The number of hydrogen-bond donors (Lipinski definition) is 1. The van der Waals surface area contributed by atoms with E-state index < -0.39 is 0 Å². The van der Waals surface area contributed by atoms with E-state index >= 15 is 0 Å². The Kier molecular flexibility index (Phi) is 8.91. The lowest BCUT2D eigenvalue weighted by molar-refractivity contribution is -0.140. The quantitative estimate of drug-likeness (QED) is 0.651. The largest absolute Gasteiger partial charge is 0.469 e. The topological polar surface area (TPSA) is 38.3 Å². The molecule has 0 spiro atoms. The van der Waals surface area contributed by atoms with Gasteiger partial charge in [-0.05, 0) is 13.0 Å². The van der Waals surface area contributed by atoms with Crippen molar-refractivity contribution in [3.8, 4) is 0 Å². The minimum atomic E-state index is -0.119. The van der Waals surface area contributed by atoms with Crippen LogP contribution >= 0.6 is 11.8 Å². The third-order valence-electron chi connectivity index (χ3n) is 2.39. The highest BCUT2D eigenvalue weighted by molar-refractivity contribution is 7.99. The van der Waals surface area contributed by atoms with Crippen molar-refractivity contribution in [2.45, 2.75) is 44.9 Å². The van der Waals surface area contributed by atoms with E-state index in [0.717, 1.165) is 18.7 Å². The average molecular weight is 233 g/mol. The van der Waals surface area contributed by atoms with Gasteiger partial charge in [0.05, 0.1) is 13.5 Å². The summed E-state index contributed by atoms with van der Waals surface area (Å²) in [6, 6.07) is 0.539. The van der Waals surface area contributed by atoms with Crippen molar-refractivity contribution in [1.29, 1.82) is 0 Å². The molecular formula is C11H23NO2S. The summed E-state index contributed by atoms with van der Waals surface area (Å²) in [5, 5.41) is 3.99. The maximum Gasteiger partial charge on any atom is 0.306 e. The van der Waals surface area contributed by atoms with Crippen molar-refractivity contribution in [2.75, 3.05) is 19.4 Å². The van der Waals surface area contributed by atoms with Gasteiger partial charge in [-0.3, -0.25) is 4.79 Å². The number of thioether (sulfide) groups is 1. The summed E-state index contributed by atoms with van der Waals surface area (Å²) >= 11 is 1.83. The highest BCUT2D eigenvalue weighted by Crippen LogP contribution is 2.17. The fourth-order valence-electron chi connectivity index (χ4n) is 1.45. The normalized spacial score (nSPS) is 14.7. The van der Waals surface area contributed by atoms with Crippen LogP contribution < -0.4 is 5.32 Å². The molecule has 0 aliphatic heterocycles. The lowest BCUT2D eigenvalue weighted by atomic mass is 10.2. The Balaban J connectivity index is 3.70. The third-order valence-corrected chi connectivity index (χ3v) is 3.68. The van der Waals surface area contributed by atoms with Crippen molar-refractivity contribution < 1.29 is 9.53 Å². The zero-order valence-electron chi connectivity index (χ0n) is 10.2. The van der Waals surface area contributed by atoms with Crippen molar-refractivity contribution >= 4 is 17.7 Å². The van der Waals surface area contributed by atoms with E-state index in [1.807, 2.05) is 11.8 Å². The van der Waals surface area contributed by atoms with Crippen LogP contribution in [0.15, 0.2) is 0 Å². The number of rotatable bonds is 8. The fraction of sp³-hybridized carbons (Fsp3) is 0.909. The second-order valence-electron chi connectivity index (χ2n) is 3.47. The van der Waals surface area contributed by atoms with Crippen molar-refractivity contribution in [1.82, 2.24) is 5.32 Å². The average Bonchev–Trinajstić information content (AvgIpc) is 2.25. The van der Waals surface area contributed by atoms with Crippen LogP contribution in [0.2, 0.25) is 0 Å². The molecule has 15 heavy (non-hydrogen) atoms. The number of hydrogen-bond acceptors (Lipinski definition) is 4. The summed E-state index contributed by atoms with van der Waals surface area (Å²) in [6.45, 7) is 7.51. The first-order valence-corrected chi connectivity index (χ1v) is 6.62. The predicted molar refractivity (Wildman–Crippen MR) is 66.3 cm³/mol. The van der Waals surface area contributed by atoms with Gasteiger partial charge in [-0.15, -0.1) is 0 Å². The molecule has 0 rings (SSSR count). The van der Waals surface area contributed by atoms with E-state index in [9.17, 15) is 4.79 Å². The van der Waals surface area contributed by atoms with Gasteiger partial charge in [0.1, 0.15) is 0 Å². The summed E-state index contributed by atoms with van der Waals surface area (Å²) in [4.78, 5) is 10.9. The summed E-state index contributed by atoms with van der Waals surface area (Å²) in [5.41, 5.74) is 0. The molecule has 0 aromatic carbocycles. The van der Waals surface area contributed by atoms with E-state index in [1.165, 1.54) is 7.11 Å². The molecule has 0 saturated carbocycles. The Morgan fingerprint density at radius 2 is 2.13 bits per heavy atom. The van der Waals surface area contributed by atoms with Crippen molar-refractivity contribution in [3.63, 3.8) is 0 Å². The van der Waals surface area contributed by atoms with Crippen LogP contribution in [0.3, 0.4) is 0 Å². The molecule has 1 N–H and O–H groups in total. The molecule has 0 radical (unpaired) electrons. The smallest absolute Gasteiger partial charge is 0.306 e. The van der Waals surface area contributed by atoms with Gasteiger partial charge in [-0.25, -0.2) is 0 Å². The standard InChI is InChI=1S/C11H23NO2S/c1-5-10(12-6-2)9(3)15-8-7-11(13)14-4/h9-10,12H,5-8H2,1-4H3. The van der Waals surface area contributed by atoms with Crippen molar-refractivity contribution in [3.05, 3.63) is 0 Å². The summed E-state index contributed by atoms with van der Waals surface area (Å²) in [6.07, 6.45) is 1.63. The Hall–Kier alpha value is -0.220. The molecule has 0 aliphatic rings. The van der Waals surface area contributed by atoms with Crippen LogP contribution in [0.1, 0.15) is 33.6 Å². The number of carbonyl (C=O) groups is 1. The second kappa shape index (κ2) is 9.04. The second-order valence-corrected chi connectivity index (χ2v) is 4.96. The minimum Gasteiger partial charge on any atom is -0.469 e. The molecule has 0 bridgehead atoms. The van der Waals surface area contributed by atoms with Gasteiger partial charge in [0.15, 0.2) is 0 Å². The van der Waals surface area contributed by atoms with Gasteiger partial charge in [0.25, 0.3) is 0 Å². The highest BCUT2D eigenvalue weighted by atomic mass is 32.2. The summed E-state index contributed by atoms with van der Waals surface area (Å²) in [5.74, 6) is 0.724. The number of carbonyl (C=O) groups excluding carboxylic acids is 1. The van der Waals surface area contributed by atoms with E-state index in [1.54, 1.807) is 0 Å². The highest BCUT2D eigenvalue weighted by Gasteiger charge is 2.14. The maximum atomic E-state index is 10.9. The first kappa shape index (κ1) is 14.8. The Morgan fingerprint density at radius 3 is 2.60 bits per heavy atom. The molecule has 3 nitrogen and oxygen atoms in total. The van der Waals surface area contributed by atoms with E-state index in [-0.39, 0.29) is 5.97 Å². The Labute approximate surface area is 97.3 Å². The summed E-state index contributed by atoms with van der Waals surface area (Å²) < 4.78 is 4.60. The third kappa shape index (κ3) is 6.79. The van der Waals surface area contributed by atoms with Gasteiger partial charge < -0.3 is 10.1 Å². The molecule has 0 fully saturated rings. The van der Waals surface area contributed by atoms with Gasteiger partial charge in [-0.2, -0.15) is 11.8 Å². The van der Waals surface area contributed by atoms with Crippen LogP contribution in [-0.2, 0) is 9.53 Å². The van der Waals surface area contributed by atoms with Gasteiger partial charge in [0, 0.05) is 17.0 Å². The fourth-order valence-corrected chi connectivity index (χ4v) is 2.63. The van der Waals surface area contributed by atoms with Crippen LogP contribution in [-0.4, -0.2) is 36.7 Å². The first-order chi connectivity index (χ1) is 7.15. The predicted octanol–water partition coefficient (Wildman–Crippen LogP) is 2.06. The Morgan fingerprint density at radius 1 is 1.47 bits per heavy atom. The van der Waals surface area contributed by atoms with Crippen LogP contribution in [0, 0.1) is 0 Å². The van der Waals surface area contributed by atoms with E-state index in [0.29, 0.717) is 17.7 Å². The molecule has 0 aromatic rings. The van der Waals surface area contributed by atoms with Gasteiger partial charge in [-0.1, -0.05) is 20.8 Å². The number of nitrogens with one attached hydrogen (secondary N) is 1. The number of ether oxygens (including phenoxy) is 1. The zero-order chi connectivity index (χ0) is 11.7. The molecule has 4 heteroatoms. The van der Waals surface area contributed by atoms with E-state index in [4.69, 9.17) is 0 Å². The monoisotopic (exact) mass is 233 g/mol. The molecule has 0 aliphatic carbocycles. The molecule has 0 amide bonds. The van der Waals surface area contributed by atoms with E-state index in [2.05, 4.69) is 30.8 Å². The number of esters is 1. The lowest BCUT2D eigenvalue weighted by Crippen LogP contribution is -2.36. The SMILES string of the molecule is CCNC(CC)C(C)SCCC(=O)OC. The van der Waals surface area contributed by atoms with Crippen LogP contribution in [0.4, 0.5) is 0 Å². The molecule has 0 heterocycles. The Bertz CT molecular complexity index is 176. The first-order valence-electron chi connectivity index (χ1n) is 5.57. The van der Waals surface area contributed by atoms with Crippen LogP contribution in [0.25, 0.3) is 0 Å². The number of methoxy groups -OCH3 is 1. The molecule has 0 aromatic heterocycles. The van der Waals surface area contributed by atoms with Gasteiger partial charge in [0.2, 0.25) is 0 Å². The molecular weight excluding hydrogens is 210 g/mol. The minimum absolute atomic E-state index is 0.119. The van der Waals surface area contributed by atoms with Crippen molar-refractivity contribution in [2.24, 2.45) is 0 Å². The molecule has 90 valence electrons. The molecule has 2 atom stereocenters.